The van der Waals surface area contributed by atoms with Crippen LogP contribution in [0.5, 0.6) is 0 Å². The van der Waals surface area contributed by atoms with Crippen LogP contribution in [0.4, 0.5) is 5.82 Å². The second kappa shape index (κ2) is 4.36. The molecular weight excluding hydrogens is 330 g/mol. The molecule has 0 unspecified atom stereocenters. The van der Waals surface area contributed by atoms with Gasteiger partial charge in [0.15, 0.2) is 0 Å². The highest BCUT2D eigenvalue weighted by Crippen LogP contribution is 2.35. The highest BCUT2D eigenvalue weighted by atomic mass is 79.9. The lowest BCUT2D eigenvalue weighted by molar-refractivity contribution is 0.617. The van der Waals surface area contributed by atoms with Gasteiger partial charge in [-0.15, -0.1) is 0 Å². The Morgan fingerprint density at radius 3 is 2.86 bits per heavy atom. The maximum Gasteiger partial charge on any atom is 0.139 e. The predicted molar refractivity (Wildman–Crippen MR) is 87.2 cm³/mol. The summed E-state index contributed by atoms with van der Waals surface area (Å²) >= 11 is 3.53. The molecule has 3 aromatic heterocycles. The Hall–Kier alpha value is -2.27. The molecule has 2 N–H and O–H groups in total. The molecule has 0 atom stereocenters. The van der Waals surface area contributed by atoms with Crippen molar-refractivity contribution in [3.63, 3.8) is 0 Å². The molecule has 0 fully saturated rings. The standard InChI is InChI=1S/C16H12BrN3O/c1-9-12(17)6-7-14-19-15(16(18)20(9)14)11-8-21-13-5-3-2-4-10(11)13/h2-8H,18H2,1H3. The van der Waals surface area contributed by atoms with E-state index < -0.39 is 0 Å². The minimum Gasteiger partial charge on any atom is -0.464 e. The summed E-state index contributed by atoms with van der Waals surface area (Å²) in [5.41, 5.74) is 10.7. The molecule has 0 bridgehead atoms. The second-order valence-electron chi connectivity index (χ2n) is 4.95. The van der Waals surface area contributed by atoms with E-state index in [9.17, 15) is 0 Å². The number of aromatic nitrogens is 2. The number of hydrogen-bond donors (Lipinski definition) is 1. The third-order valence-electron chi connectivity index (χ3n) is 3.73. The number of imidazole rings is 1. The zero-order chi connectivity index (χ0) is 14.6. The van der Waals surface area contributed by atoms with Gasteiger partial charge in [0, 0.05) is 15.6 Å². The normalized spacial score (nSPS) is 11.5. The van der Waals surface area contributed by atoms with Crippen LogP contribution in [0.1, 0.15) is 5.69 Å². The number of pyridine rings is 1. The van der Waals surface area contributed by atoms with Crippen LogP contribution in [-0.4, -0.2) is 9.38 Å². The van der Waals surface area contributed by atoms with Crippen molar-refractivity contribution in [2.45, 2.75) is 6.92 Å². The first-order valence-corrected chi connectivity index (χ1v) is 7.36. The number of hydrogen-bond acceptors (Lipinski definition) is 3. The summed E-state index contributed by atoms with van der Waals surface area (Å²) < 4.78 is 8.54. The Balaban J connectivity index is 2.07. The van der Waals surface area contributed by atoms with Crippen LogP contribution in [0.3, 0.4) is 0 Å². The Morgan fingerprint density at radius 2 is 2.00 bits per heavy atom. The lowest BCUT2D eigenvalue weighted by Gasteiger charge is -2.04. The lowest BCUT2D eigenvalue weighted by Crippen LogP contribution is -1.98. The minimum absolute atomic E-state index is 0.621. The first-order valence-electron chi connectivity index (χ1n) is 6.56. The Morgan fingerprint density at radius 1 is 1.19 bits per heavy atom. The fraction of sp³-hybridized carbons (Fsp3) is 0.0625. The topological polar surface area (TPSA) is 56.5 Å². The molecule has 1 aromatic carbocycles. The highest BCUT2D eigenvalue weighted by Gasteiger charge is 2.17. The first-order chi connectivity index (χ1) is 10.2. The second-order valence-corrected chi connectivity index (χ2v) is 5.81. The molecule has 4 rings (SSSR count). The van der Waals surface area contributed by atoms with Gasteiger partial charge >= 0.3 is 0 Å². The Labute approximate surface area is 129 Å². The molecule has 3 heterocycles. The van der Waals surface area contributed by atoms with Gasteiger partial charge in [-0.2, -0.15) is 0 Å². The van der Waals surface area contributed by atoms with Crippen LogP contribution < -0.4 is 5.73 Å². The summed E-state index contributed by atoms with van der Waals surface area (Å²) in [5.74, 6) is 0.621. The van der Waals surface area contributed by atoms with Crippen molar-refractivity contribution in [3.05, 3.63) is 52.8 Å². The van der Waals surface area contributed by atoms with Crippen molar-refractivity contribution in [3.8, 4) is 11.3 Å². The molecular formula is C16H12BrN3O. The van der Waals surface area contributed by atoms with Crippen LogP contribution in [0.2, 0.25) is 0 Å². The number of para-hydroxylation sites is 1. The number of aryl methyl sites for hydroxylation is 1. The number of halogens is 1. The van der Waals surface area contributed by atoms with Crippen molar-refractivity contribution in [2.24, 2.45) is 0 Å². The zero-order valence-electron chi connectivity index (χ0n) is 11.3. The van der Waals surface area contributed by atoms with E-state index in [2.05, 4.69) is 20.9 Å². The molecule has 21 heavy (non-hydrogen) atoms. The smallest absolute Gasteiger partial charge is 0.139 e. The molecule has 0 spiro atoms. The number of fused-ring (bicyclic) bond motifs is 2. The van der Waals surface area contributed by atoms with Gasteiger partial charge < -0.3 is 10.2 Å². The van der Waals surface area contributed by atoms with E-state index in [1.54, 1.807) is 6.26 Å². The van der Waals surface area contributed by atoms with Crippen LogP contribution in [0.15, 0.2) is 51.6 Å². The van der Waals surface area contributed by atoms with Crippen molar-refractivity contribution in [1.29, 1.82) is 0 Å². The number of rotatable bonds is 1. The molecule has 0 aliphatic carbocycles. The number of furan rings is 1. The van der Waals surface area contributed by atoms with Gasteiger partial charge in [0.2, 0.25) is 0 Å². The molecule has 0 aliphatic heterocycles. The molecule has 4 aromatic rings. The van der Waals surface area contributed by atoms with Gasteiger partial charge in [0.1, 0.15) is 29.0 Å². The Kier molecular flexibility index (Phi) is 2.59. The summed E-state index contributed by atoms with van der Waals surface area (Å²) in [6.45, 7) is 2.01. The summed E-state index contributed by atoms with van der Waals surface area (Å²) in [5, 5.41) is 1.02. The van der Waals surface area contributed by atoms with Gasteiger partial charge in [-0.25, -0.2) is 4.98 Å². The number of anilines is 1. The summed E-state index contributed by atoms with van der Waals surface area (Å²) in [4.78, 5) is 4.66. The minimum atomic E-state index is 0.621. The molecule has 104 valence electrons. The number of benzene rings is 1. The van der Waals surface area contributed by atoms with E-state index >= 15 is 0 Å². The van der Waals surface area contributed by atoms with E-state index in [-0.39, 0.29) is 0 Å². The maximum absolute atomic E-state index is 6.33. The van der Waals surface area contributed by atoms with E-state index in [1.165, 1.54) is 0 Å². The van der Waals surface area contributed by atoms with Crippen LogP contribution in [0, 0.1) is 6.92 Å². The van der Waals surface area contributed by atoms with Crippen molar-refractivity contribution in [1.82, 2.24) is 9.38 Å². The van der Waals surface area contributed by atoms with Crippen LogP contribution >= 0.6 is 15.9 Å². The molecule has 4 nitrogen and oxygen atoms in total. The van der Waals surface area contributed by atoms with Gasteiger partial charge in [0.05, 0.1) is 5.56 Å². The molecule has 5 heteroatoms. The average molecular weight is 342 g/mol. The molecule has 0 radical (unpaired) electrons. The predicted octanol–water partition coefficient (Wildman–Crippen LogP) is 4.40. The van der Waals surface area contributed by atoms with Gasteiger partial charge in [-0.3, -0.25) is 4.40 Å². The largest absolute Gasteiger partial charge is 0.464 e. The quantitative estimate of drug-likeness (QED) is 0.558. The highest BCUT2D eigenvalue weighted by molar-refractivity contribution is 9.10. The van der Waals surface area contributed by atoms with E-state index in [1.807, 2.05) is 47.7 Å². The summed E-state index contributed by atoms with van der Waals surface area (Å²) in [6, 6.07) is 11.8. The van der Waals surface area contributed by atoms with Crippen LogP contribution in [0.25, 0.3) is 27.9 Å². The van der Waals surface area contributed by atoms with Crippen LogP contribution in [-0.2, 0) is 0 Å². The number of nitrogens with two attached hydrogens (primary N) is 1. The Bertz CT molecular complexity index is 984. The zero-order valence-corrected chi connectivity index (χ0v) is 12.9. The van der Waals surface area contributed by atoms with E-state index in [0.29, 0.717) is 5.82 Å². The third kappa shape index (κ3) is 1.70. The van der Waals surface area contributed by atoms with Gasteiger partial charge in [0.25, 0.3) is 0 Å². The summed E-state index contributed by atoms with van der Waals surface area (Å²) in [6.07, 6.45) is 1.72. The fourth-order valence-electron chi connectivity index (χ4n) is 2.65. The maximum atomic E-state index is 6.33. The molecule has 0 amide bonds. The molecule has 0 saturated heterocycles. The molecule has 0 saturated carbocycles. The third-order valence-corrected chi connectivity index (χ3v) is 4.57. The van der Waals surface area contributed by atoms with Gasteiger partial charge in [-0.05, 0) is 41.1 Å². The number of nitrogens with zero attached hydrogens (tertiary/aromatic N) is 2. The van der Waals surface area contributed by atoms with Crippen molar-refractivity contribution < 1.29 is 4.42 Å². The SMILES string of the molecule is Cc1c(Br)ccc2nc(-c3coc4ccccc34)c(N)n12. The average Bonchev–Trinajstić information content (AvgIpc) is 3.05. The van der Waals surface area contributed by atoms with Crippen molar-refractivity contribution in [2.75, 3.05) is 5.73 Å². The first kappa shape index (κ1) is 12.5. The fourth-order valence-corrected chi connectivity index (χ4v) is 2.96. The summed E-state index contributed by atoms with van der Waals surface area (Å²) in [7, 11) is 0. The monoisotopic (exact) mass is 341 g/mol. The lowest BCUT2D eigenvalue weighted by atomic mass is 10.1. The van der Waals surface area contributed by atoms with E-state index in [0.717, 1.165) is 38.0 Å². The van der Waals surface area contributed by atoms with Gasteiger partial charge in [-0.1, -0.05) is 18.2 Å². The molecule has 0 aliphatic rings. The van der Waals surface area contributed by atoms with E-state index in [4.69, 9.17) is 10.2 Å². The number of nitrogen functional groups attached to an aromatic ring is 1. The van der Waals surface area contributed by atoms with Crippen molar-refractivity contribution >= 4 is 38.4 Å².